The molecule has 1 aromatic heterocycles. The van der Waals surface area contributed by atoms with E-state index in [0.717, 1.165) is 13.1 Å². The van der Waals surface area contributed by atoms with E-state index < -0.39 is 10.8 Å². The third-order valence-electron chi connectivity index (χ3n) is 3.16. The molecule has 0 saturated carbocycles. The van der Waals surface area contributed by atoms with E-state index in [1.54, 1.807) is 13.3 Å². The summed E-state index contributed by atoms with van der Waals surface area (Å²) in [4.78, 5) is 15.3. The Morgan fingerprint density at radius 2 is 1.85 bits per heavy atom. The highest BCUT2D eigenvalue weighted by Gasteiger charge is 2.15. The number of aromatic nitrogens is 3. The summed E-state index contributed by atoms with van der Waals surface area (Å²) >= 11 is 0. The monoisotopic (exact) mass is 298 g/mol. The van der Waals surface area contributed by atoms with Gasteiger partial charge >= 0.3 is 0 Å². The van der Waals surface area contributed by atoms with Gasteiger partial charge in [-0.25, -0.2) is 0 Å². The quantitative estimate of drug-likeness (QED) is 0.799. The predicted molar refractivity (Wildman–Crippen MR) is 82.9 cm³/mol. The Morgan fingerprint density at radius 3 is 2.50 bits per heavy atom. The Labute approximate surface area is 122 Å². The van der Waals surface area contributed by atoms with Crippen LogP contribution >= 0.6 is 0 Å². The molecule has 1 aliphatic heterocycles. The van der Waals surface area contributed by atoms with Crippen LogP contribution in [0.25, 0.3) is 0 Å². The molecule has 0 bridgehead atoms. The van der Waals surface area contributed by atoms with Crippen LogP contribution in [0.5, 0.6) is 0 Å². The van der Waals surface area contributed by atoms with Gasteiger partial charge in [0.25, 0.3) is 0 Å². The Kier molecular flexibility index (Phi) is 5.51. The van der Waals surface area contributed by atoms with Crippen LogP contribution in [0.3, 0.4) is 0 Å². The van der Waals surface area contributed by atoms with Gasteiger partial charge in [-0.05, 0) is 19.3 Å². The summed E-state index contributed by atoms with van der Waals surface area (Å²) in [7, 11) is 0.976. The number of rotatable bonds is 6. The first-order chi connectivity index (χ1) is 9.69. The smallest absolute Gasteiger partial charge is 0.231 e. The maximum Gasteiger partial charge on any atom is 0.231 e. The molecule has 1 fully saturated rings. The predicted octanol–water partition coefficient (Wildman–Crippen LogP) is 0.694. The van der Waals surface area contributed by atoms with Gasteiger partial charge in [-0.2, -0.15) is 15.0 Å². The molecule has 0 amide bonds. The first kappa shape index (κ1) is 15.0. The molecule has 1 aliphatic rings. The van der Waals surface area contributed by atoms with Crippen LogP contribution in [-0.4, -0.2) is 57.9 Å². The molecule has 0 spiro atoms. The van der Waals surface area contributed by atoms with E-state index in [1.165, 1.54) is 19.3 Å². The molecule has 1 unspecified atom stereocenters. The zero-order valence-electron chi connectivity index (χ0n) is 12.1. The van der Waals surface area contributed by atoms with Gasteiger partial charge in [-0.15, -0.1) is 0 Å². The number of nitrogens with zero attached hydrogens (tertiary/aromatic N) is 4. The van der Waals surface area contributed by atoms with Crippen LogP contribution in [0.4, 0.5) is 17.8 Å². The Bertz CT molecular complexity index is 463. The SMILES string of the molecule is CNc1nc(NCCS(C)=O)nc(N2CCCCC2)n1. The van der Waals surface area contributed by atoms with E-state index >= 15 is 0 Å². The Morgan fingerprint density at radius 1 is 1.15 bits per heavy atom. The molecule has 0 aromatic carbocycles. The summed E-state index contributed by atoms with van der Waals surface area (Å²) in [6.07, 6.45) is 5.32. The molecule has 20 heavy (non-hydrogen) atoms. The summed E-state index contributed by atoms with van der Waals surface area (Å²) in [5.74, 6) is 2.39. The first-order valence-electron chi connectivity index (χ1n) is 6.91. The summed E-state index contributed by atoms with van der Waals surface area (Å²) < 4.78 is 11.1. The third kappa shape index (κ3) is 4.29. The van der Waals surface area contributed by atoms with Gasteiger partial charge in [-0.1, -0.05) is 0 Å². The van der Waals surface area contributed by atoms with E-state index in [-0.39, 0.29) is 0 Å². The average Bonchev–Trinajstić information content (AvgIpc) is 2.47. The second kappa shape index (κ2) is 7.37. The summed E-state index contributed by atoms with van der Waals surface area (Å²) in [5, 5.41) is 6.07. The Balaban J connectivity index is 2.08. The van der Waals surface area contributed by atoms with Crippen LogP contribution < -0.4 is 15.5 Å². The van der Waals surface area contributed by atoms with Gasteiger partial charge < -0.3 is 15.5 Å². The van der Waals surface area contributed by atoms with Crippen LogP contribution in [-0.2, 0) is 10.8 Å². The van der Waals surface area contributed by atoms with E-state index in [1.807, 2.05) is 0 Å². The fraction of sp³-hybridized carbons (Fsp3) is 0.750. The van der Waals surface area contributed by atoms with Crippen molar-refractivity contribution in [1.29, 1.82) is 0 Å². The molecule has 7 nitrogen and oxygen atoms in total. The lowest BCUT2D eigenvalue weighted by atomic mass is 10.1. The average molecular weight is 298 g/mol. The van der Waals surface area contributed by atoms with Gasteiger partial charge in [0.15, 0.2) is 0 Å². The molecule has 2 heterocycles. The lowest BCUT2D eigenvalue weighted by Crippen LogP contribution is -2.31. The van der Waals surface area contributed by atoms with Crippen molar-refractivity contribution < 1.29 is 4.21 Å². The molecule has 2 N–H and O–H groups in total. The molecule has 0 radical (unpaired) electrons. The van der Waals surface area contributed by atoms with E-state index in [2.05, 4.69) is 30.5 Å². The fourth-order valence-corrected chi connectivity index (χ4v) is 2.49. The van der Waals surface area contributed by atoms with E-state index in [0.29, 0.717) is 30.1 Å². The summed E-state index contributed by atoms with van der Waals surface area (Å²) in [6, 6.07) is 0. The molecule has 1 atom stereocenters. The Hall–Kier alpha value is -1.44. The molecule has 112 valence electrons. The number of nitrogens with one attached hydrogen (secondary N) is 2. The fourth-order valence-electron chi connectivity index (χ4n) is 2.10. The molecule has 0 aliphatic carbocycles. The maximum absolute atomic E-state index is 11.1. The molecule has 1 saturated heterocycles. The van der Waals surface area contributed by atoms with Crippen molar-refractivity contribution in [3.63, 3.8) is 0 Å². The van der Waals surface area contributed by atoms with E-state index in [9.17, 15) is 4.21 Å². The minimum atomic E-state index is -0.816. The highest BCUT2D eigenvalue weighted by Crippen LogP contribution is 2.18. The first-order valence-corrected chi connectivity index (χ1v) is 8.64. The third-order valence-corrected chi connectivity index (χ3v) is 3.94. The largest absolute Gasteiger partial charge is 0.357 e. The number of hydrogen-bond acceptors (Lipinski definition) is 7. The second-order valence-corrected chi connectivity index (χ2v) is 6.34. The van der Waals surface area contributed by atoms with Gasteiger partial charge in [0.1, 0.15) is 0 Å². The number of piperidine rings is 1. The zero-order chi connectivity index (χ0) is 14.4. The van der Waals surface area contributed by atoms with Gasteiger partial charge in [0.05, 0.1) is 0 Å². The van der Waals surface area contributed by atoms with Gasteiger partial charge in [-0.3, -0.25) is 4.21 Å². The standard InChI is InChI=1S/C12H22N6OS/c1-13-10-15-11(14-6-9-20(2)19)17-12(16-10)18-7-4-3-5-8-18/h3-9H2,1-2H3,(H2,13,14,15,16,17). The highest BCUT2D eigenvalue weighted by molar-refractivity contribution is 7.84. The van der Waals surface area contributed by atoms with Crippen molar-refractivity contribution in [3.8, 4) is 0 Å². The van der Waals surface area contributed by atoms with Gasteiger partial charge in [0, 0.05) is 49.5 Å². The molecule has 8 heteroatoms. The summed E-state index contributed by atoms with van der Waals surface area (Å²) in [5.41, 5.74) is 0. The minimum Gasteiger partial charge on any atom is -0.357 e. The van der Waals surface area contributed by atoms with E-state index in [4.69, 9.17) is 0 Å². The lowest BCUT2D eigenvalue weighted by molar-refractivity contribution is 0.568. The van der Waals surface area contributed by atoms with Crippen molar-refractivity contribution in [3.05, 3.63) is 0 Å². The van der Waals surface area contributed by atoms with Crippen LogP contribution in [0.2, 0.25) is 0 Å². The highest BCUT2D eigenvalue weighted by atomic mass is 32.2. The lowest BCUT2D eigenvalue weighted by Gasteiger charge is -2.26. The van der Waals surface area contributed by atoms with Gasteiger partial charge in [0.2, 0.25) is 17.8 Å². The minimum absolute atomic E-state index is 0.537. The maximum atomic E-state index is 11.1. The molecular weight excluding hydrogens is 276 g/mol. The summed E-state index contributed by atoms with van der Waals surface area (Å²) in [6.45, 7) is 2.58. The topological polar surface area (TPSA) is 83.0 Å². The van der Waals surface area contributed by atoms with Crippen molar-refractivity contribution in [2.75, 3.05) is 54.2 Å². The van der Waals surface area contributed by atoms with Crippen LogP contribution in [0.1, 0.15) is 19.3 Å². The normalized spacial score (nSPS) is 16.8. The van der Waals surface area contributed by atoms with Crippen molar-refractivity contribution in [2.24, 2.45) is 0 Å². The molecular formula is C12H22N6OS. The number of hydrogen-bond donors (Lipinski definition) is 2. The van der Waals surface area contributed by atoms with Crippen LogP contribution in [0, 0.1) is 0 Å². The van der Waals surface area contributed by atoms with Crippen molar-refractivity contribution in [2.45, 2.75) is 19.3 Å². The van der Waals surface area contributed by atoms with Crippen LogP contribution in [0.15, 0.2) is 0 Å². The zero-order valence-corrected chi connectivity index (χ0v) is 12.9. The molecule has 1 aromatic rings. The van der Waals surface area contributed by atoms with Crippen molar-refractivity contribution >= 4 is 28.6 Å². The number of anilines is 3. The van der Waals surface area contributed by atoms with Crippen molar-refractivity contribution in [1.82, 2.24) is 15.0 Å². The second-order valence-electron chi connectivity index (χ2n) is 4.78. The molecule has 2 rings (SSSR count).